The highest BCUT2D eigenvalue weighted by molar-refractivity contribution is 5.90. The van der Waals surface area contributed by atoms with Gasteiger partial charge >= 0.3 is 24.5 Å². The molecular formula is C28H32F6N2O4. The van der Waals surface area contributed by atoms with E-state index in [-0.39, 0.29) is 30.1 Å². The van der Waals surface area contributed by atoms with Crippen LogP contribution in [0.4, 0.5) is 41.6 Å². The average molecular weight is 575 g/mol. The second-order valence-electron chi connectivity index (χ2n) is 10.7. The van der Waals surface area contributed by atoms with Crippen molar-refractivity contribution in [1.29, 1.82) is 0 Å². The van der Waals surface area contributed by atoms with Crippen LogP contribution in [0.3, 0.4) is 0 Å². The van der Waals surface area contributed by atoms with Crippen LogP contribution in [0.5, 0.6) is 0 Å². The first kappa shape index (κ1) is 31.1. The minimum atomic E-state index is -5.04. The lowest BCUT2D eigenvalue weighted by molar-refractivity contribution is -0.143. The van der Waals surface area contributed by atoms with Crippen molar-refractivity contribution in [2.45, 2.75) is 77.4 Å². The van der Waals surface area contributed by atoms with Gasteiger partial charge in [-0.25, -0.2) is 9.59 Å². The van der Waals surface area contributed by atoms with Crippen molar-refractivity contribution in [3.05, 3.63) is 64.2 Å². The summed E-state index contributed by atoms with van der Waals surface area (Å²) in [5.41, 5.74) is -1.93. The van der Waals surface area contributed by atoms with E-state index in [9.17, 15) is 35.9 Å². The zero-order chi connectivity index (χ0) is 30.2. The molecule has 6 nitrogen and oxygen atoms in total. The van der Waals surface area contributed by atoms with E-state index in [2.05, 4.69) is 0 Å². The number of amides is 2. The van der Waals surface area contributed by atoms with Crippen LogP contribution in [0.1, 0.15) is 74.9 Å². The molecule has 0 radical (unpaired) electrons. The van der Waals surface area contributed by atoms with E-state index in [0.717, 1.165) is 17.6 Å². The van der Waals surface area contributed by atoms with Crippen LogP contribution in [0, 0.1) is 0 Å². The predicted octanol–water partition coefficient (Wildman–Crippen LogP) is 8.09. The Morgan fingerprint density at radius 3 is 2.00 bits per heavy atom. The molecule has 0 saturated carbocycles. The summed E-state index contributed by atoms with van der Waals surface area (Å²) < 4.78 is 91.3. The van der Waals surface area contributed by atoms with Crippen LogP contribution in [-0.2, 0) is 33.8 Å². The third kappa shape index (κ3) is 6.64. The van der Waals surface area contributed by atoms with Gasteiger partial charge in [-0.2, -0.15) is 26.3 Å². The van der Waals surface area contributed by atoms with Gasteiger partial charge in [0.15, 0.2) is 0 Å². The van der Waals surface area contributed by atoms with Gasteiger partial charge in [-0.05, 0) is 66.6 Å². The van der Waals surface area contributed by atoms with Crippen molar-refractivity contribution in [3.63, 3.8) is 0 Å². The molecule has 40 heavy (non-hydrogen) atoms. The van der Waals surface area contributed by atoms with Crippen LogP contribution >= 0.6 is 0 Å². The summed E-state index contributed by atoms with van der Waals surface area (Å²) in [6.07, 6.45) is -11.5. The molecule has 0 spiro atoms. The van der Waals surface area contributed by atoms with Gasteiger partial charge in [0, 0.05) is 12.6 Å². The minimum absolute atomic E-state index is 0.0385. The van der Waals surface area contributed by atoms with Gasteiger partial charge in [-0.3, -0.25) is 9.80 Å². The molecule has 1 aliphatic rings. The van der Waals surface area contributed by atoms with Crippen LogP contribution in [-0.4, -0.2) is 36.8 Å². The normalized spacial score (nSPS) is 17.8. The van der Waals surface area contributed by atoms with Crippen LogP contribution in [0.25, 0.3) is 0 Å². The Hall–Kier alpha value is -3.44. The summed E-state index contributed by atoms with van der Waals surface area (Å²) in [7, 11) is 1.08. The van der Waals surface area contributed by atoms with E-state index in [4.69, 9.17) is 9.47 Å². The molecule has 0 saturated heterocycles. The summed E-state index contributed by atoms with van der Waals surface area (Å²) >= 11 is 0. The topological polar surface area (TPSA) is 59.1 Å². The van der Waals surface area contributed by atoms with Gasteiger partial charge in [-0.1, -0.05) is 32.9 Å². The van der Waals surface area contributed by atoms with Crippen molar-refractivity contribution >= 4 is 17.9 Å². The molecular weight excluding hydrogens is 542 g/mol. The Morgan fingerprint density at radius 2 is 1.52 bits per heavy atom. The van der Waals surface area contributed by atoms with Gasteiger partial charge in [-0.15, -0.1) is 0 Å². The number of alkyl halides is 6. The molecule has 0 aromatic heterocycles. The number of anilines is 1. The van der Waals surface area contributed by atoms with E-state index in [1.54, 1.807) is 26.0 Å². The van der Waals surface area contributed by atoms with Gasteiger partial charge in [0.2, 0.25) is 0 Å². The molecule has 0 bridgehead atoms. The lowest BCUT2D eigenvalue weighted by atomic mass is 9.82. The Kier molecular flexibility index (Phi) is 8.71. The third-order valence-corrected chi connectivity index (χ3v) is 6.77. The first-order valence-electron chi connectivity index (χ1n) is 12.6. The fourth-order valence-electron chi connectivity index (χ4n) is 4.79. The molecule has 0 N–H and O–H groups in total. The van der Waals surface area contributed by atoms with Gasteiger partial charge in [0.1, 0.15) is 0 Å². The Labute approximate surface area is 228 Å². The Bertz CT molecular complexity index is 1220. The fraction of sp³-hybridized carbons (Fsp3) is 0.500. The SMILES string of the molecule is CCOC(=O)N1c2ccc(C(C)(C)C)cc2[C@H](N(Cc2cc(C(F)(F)F)cc(C(F)(F)F)c2)C(=O)OC)C[C@@H]1C. The quantitative estimate of drug-likeness (QED) is 0.347. The first-order valence-corrected chi connectivity index (χ1v) is 12.6. The van der Waals surface area contributed by atoms with Crippen molar-refractivity contribution in [2.75, 3.05) is 18.6 Å². The number of halogens is 6. The second-order valence-corrected chi connectivity index (χ2v) is 10.7. The Balaban J connectivity index is 2.20. The molecule has 0 unspecified atom stereocenters. The standard InChI is InChI=1S/C28H32F6N2O4/c1-7-40-25(38)36-16(2)10-23(21-14-18(26(3,4)5)8-9-22(21)36)35(24(37)39-6)15-17-11-19(27(29,30)31)13-20(12-17)28(32,33)34/h8-9,11-14,16,23H,7,10,15H2,1-6H3/t16-,23+/m0/s1. The summed E-state index contributed by atoms with van der Waals surface area (Å²) in [6.45, 7) is 8.75. The number of carbonyl (C=O) groups excluding carboxylic acids is 2. The minimum Gasteiger partial charge on any atom is -0.453 e. The molecule has 2 aromatic carbocycles. The zero-order valence-corrected chi connectivity index (χ0v) is 23.0. The molecule has 220 valence electrons. The molecule has 0 fully saturated rings. The number of methoxy groups -OCH3 is 1. The second kappa shape index (κ2) is 11.2. The van der Waals surface area contributed by atoms with Crippen molar-refractivity contribution in [3.8, 4) is 0 Å². The fourth-order valence-corrected chi connectivity index (χ4v) is 4.79. The van der Waals surface area contributed by atoms with E-state index in [0.29, 0.717) is 23.4 Å². The smallest absolute Gasteiger partial charge is 0.416 e. The van der Waals surface area contributed by atoms with Crippen molar-refractivity contribution < 1.29 is 45.4 Å². The molecule has 12 heteroatoms. The number of benzene rings is 2. The average Bonchev–Trinajstić information content (AvgIpc) is 2.84. The van der Waals surface area contributed by atoms with Crippen molar-refractivity contribution in [2.24, 2.45) is 0 Å². The number of ether oxygens (including phenoxy) is 2. The highest BCUT2D eigenvalue weighted by atomic mass is 19.4. The highest BCUT2D eigenvalue weighted by Gasteiger charge is 2.41. The molecule has 2 atom stereocenters. The maximum Gasteiger partial charge on any atom is 0.416 e. The highest BCUT2D eigenvalue weighted by Crippen LogP contribution is 2.44. The maximum absolute atomic E-state index is 13.5. The maximum atomic E-state index is 13.5. The third-order valence-electron chi connectivity index (χ3n) is 6.77. The van der Waals surface area contributed by atoms with E-state index < -0.39 is 54.3 Å². The van der Waals surface area contributed by atoms with Crippen LogP contribution in [0.15, 0.2) is 36.4 Å². The molecule has 1 heterocycles. The Morgan fingerprint density at radius 1 is 0.950 bits per heavy atom. The molecule has 3 rings (SSSR count). The number of hydrogen-bond acceptors (Lipinski definition) is 4. The van der Waals surface area contributed by atoms with E-state index >= 15 is 0 Å². The molecule has 1 aliphatic heterocycles. The predicted molar refractivity (Wildman–Crippen MR) is 136 cm³/mol. The number of hydrogen-bond donors (Lipinski definition) is 0. The molecule has 2 amide bonds. The largest absolute Gasteiger partial charge is 0.453 e. The van der Waals surface area contributed by atoms with Crippen molar-refractivity contribution in [1.82, 2.24) is 4.90 Å². The first-order chi connectivity index (χ1) is 18.4. The van der Waals surface area contributed by atoms with E-state index in [1.165, 1.54) is 4.90 Å². The number of rotatable bonds is 4. The van der Waals surface area contributed by atoms with Gasteiger partial charge in [0.25, 0.3) is 0 Å². The summed E-state index contributed by atoms with van der Waals surface area (Å²) in [5.74, 6) is 0. The van der Waals surface area contributed by atoms with Gasteiger partial charge < -0.3 is 9.47 Å². The van der Waals surface area contributed by atoms with Crippen LogP contribution in [0.2, 0.25) is 0 Å². The summed E-state index contributed by atoms with van der Waals surface area (Å²) in [5, 5.41) is 0. The van der Waals surface area contributed by atoms with Crippen LogP contribution < -0.4 is 4.90 Å². The lowest BCUT2D eigenvalue weighted by Crippen LogP contribution is -2.47. The number of fused-ring (bicyclic) bond motifs is 1. The molecule has 0 aliphatic carbocycles. The summed E-state index contributed by atoms with van der Waals surface area (Å²) in [6, 6.07) is 5.18. The molecule has 2 aromatic rings. The number of carbonyl (C=O) groups is 2. The lowest BCUT2D eigenvalue weighted by Gasteiger charge is -2.43. The van der Waals surface area contributed by atoms with E-state index in [1.807, 2.05) is 26.8 Å². The summed E-state index contributed by atoms with van der Waals surface area (Å²) in [4.78, 5) is 28.4. The monoisotopic (exact) mass is 574 g/mol. The number of nitrogens with zero attached hydrogens (tertiary/aromatic N) is 2. The van der Waals surface area contributed by atoms with Gasteiger partial charge in [0.05, 0.1) is 36.6 Å². The zero-order valence-electron chi connectivity index (χ0n) is 23.0.